The Balaban J connectivity index is 1.62. The highest BCUT2D eigenvalue weighted by Crippen LogP contribution is 2.42. The molecule has 9 nitrogen and oxygen atoms in total. The second-order valence-electron chi connectivity index (χ2n) is 10.9. The number of aliphatic hydroxyl groups is 1. The lowest BCUT2D eigenvalue weighted by Gasteiger charge is -2.33. The van der Waals surface area contributed by atoms with Crippen LogP contribution >= 0.6 is 0 Å². The van der Waals surface area contributed by atoms with Gasteiger partial charge in [0, 0.05) is 48.4 Å². The summed E-state index contributed by atoms with van der Waals surface area (Å²) >= 11 is -1.53. The summed E-state index contributed by atoms with van der Waals surface area (Å²) in [6.45, 7) is 4.80. The first-order valence-corrected chi connectivity index (χ1v) is 15.2. The number of hydrogen-bond donors (Lipinski definition) is 1. The van der Waals surface area contributed by atoms with Gasteiger partial charge >= 0.3 is 10.8 Å². The number of piperidine rings is 1. The van der Waals surface area contributed by atoms with E-state index in [0.29, 0.717) is 65.1 Å². The molecule has 2 aliphatic rings. The van der Waals surface area contributed by atoms with Crippen molar-refractivity contribution in [1.29, 1.82) is 0 Å². The second-order valence-corrected chi connectivity index (χ2v) is 12.2. The smallest absolute Gasteiger partial charge is 0.349 e. The highest BCUT2D eigenvalue weighted by molar-refractivity contribution is 7.90. The fourth-order valence-corrected chi connectivity index (χ4v) is 6.89. The molecule has 216 valence electrons. The number of aliphatic hydroxyl groups excluding tert-OH is 1. The Morgan fingerprint density at radius 3 is 2.73 bits per heavy atom. The summed E-state index contributed by atoms with van der Waals surface area (Å²) < 4.78 is 44.6. The predicted octanol–water partition coefficient (Wildman–Crippen LogP) is 4.34. The molecule has 1 unspecified atom stereocenters. The molecule has 2 aromatic heterocycles. The van der Waals surface area contributed by atoms with E-state index in [9.17, 15) is 14.5 Å². The number of fused-ring (bicyclic) bond motifs is 4. The molecule has 1 N–H and O–H groups in total. The number of methoxy groups -OCH3 is 1. The van der Waals surface area contributed by atoms with Gasteiger partial charge in [-0.1, -0.05) is 13.0 Å². The Hall–Kier alpha value is -3.25. The maximum atomic E-state index is 15.0. The third kappa shape index (κ3) is 4.84. The molecular weight excluding hydrogens is 549 g/mol. The number of halogens is 1. The van der Waals surface area contributed by atoms with Crippen molar-refractivity contribution in [2.24, 2.45) is 11.8 Å². The topological polar surface area (TPSA) is 121 Å². The van der Waals surface area contributed by atoms with E-state index in [0.717, 1.165) is 11.8 Å². The molecule has 2 bridgehead atoms. The number of rotatable bonds is 7. The molecule has 2 fully saturated rings. The molecule has 6 rings (SSSR count). The van der Waals surface area contributed by atoms with Crippen LogP contribution in [0.1, 0.15) is 30.9 Å². The van der Waals surface area contributed by atoms with Crippen LogP contribution < -0.4 is 15.3 Å². The Morgan fingerprint density at radius 2 is 2.02 bits per heavy atom. The van der Waals surface area contributed by atoms with E-state index in [1.807, 2.05) is 11.8 Å². The van der Waals surface area contributed by atoms with E-state index in [1.54, 1.807) is 25.1 Å². The van der Waals surface area contributed by atoms with Crippen molar-refractivity contribution in [3.63, 3.8) is 0 Å². The van der Waals surface area contributed by atoms with E-state index in [2.05, 4.69) is 9.97 Å². The molecule has 0 radical (unpaired) electrons. The zero-order valence-corrected chi connectivity index (χ0v) is 24.2. The molecule has 1 aliphatic carbocycles. The first-order chi connectivity index (χ1) is 19.7. The molecule has 0 amide bonds. The molecule has 1 saturated carbocycles. The zero-order valence-electron chi connectivity index (χ0n) is 23.4. The molecule has 0 spiro atoms. The summed E-state index contributed by atoms with van der Waals surface area (Å²) in [4.78, 5) is 25.0. The number of ether oxygens (including phenoxy) is 2. The monoisotopic (exact) mass is 581 g/mol. The van der Waals surface area contributed by atoms with Crippen molar-refractivity contribution >= 4 is 38.7 Å². The number of anilines is 1. The molecule has 11 heteroatoms. The van der Waals surface area contributed by atoms with Crippen LogP contribution in [0.25, 0.3) is 33.0 Å². The Morgan fingerprint density at radius 1 is 1.22 bits per heavy atom. The van der Waals surface area contributed by atoms with Gasteiger partial charge < -0.3 is 28.5 Å². The SMILES string of the molecule is CCc1c(F)ccc2cc(OCOC)cc(-c3oc(=O)c4c(N5C[C@H]6C[C@@H](C5)[C@H](O)C6)nc([S+](C)[O-])nc4c3C)c12. The van der Waals surface area contributed by atoms with Crippen LogP contribution in [-0.2, 0) is 22.3 Å². The highest BCUT2D eigenvalue weighted by atomic mass is 32.2. The second kappa shape index (κ2) is 10.9. The van der Waals surface area contributed by atoms with Gasteiger partial charge in [-0.25, -0.2) is 9.18 Å². The van der Waals surface area contributed by atoms with E-state index >= 15 is 4.39 Å². The van der Waals surface area contributed by atoms with Gasteiger partial charge in [0.05, 0.1) is 11.6 Å². The van der Waals surface area contributed by atoms with Crippen molar-refractivity contribution in [1.82, 2.24) is 9.97 Å². The van der Waals surface area contributed by atoms with E-state index in [-0.39, 0.29) is 40.7 Å². The number of benzene rings is 2. The molecule has 2 aromatic carbocycles. The van der Waals surface area contributed by atoms with Gasteiger partial charge in [-0.3, -0.25) is 0 Å². The van der Waals surface area contributed by atoms with Crippen molar-refractivity contribution in [3.05, 3.63) is 51.6 Å². The third-order valence-electron chi connectivity index (χ3n) is 8.29. The first-order valence-electron chi connectivity index (χ1n) is 13.7. The quantitative estimate of drug-likeness (QED) is 0.193. The average molecular weight is 582 g/mol. The fraction of sp³-hybridized carbons (Fsp3) is 0.433. The lowest BCUT2D eigenvalue weighted by atomic mass is 9.93. The number of aromatic nitrogens is 2. The van der Waals surface area contributed by atoms with Crippen molar-refractivity contribution in [3.8, 4) is 17.1 Å². The summed E-state index contributed by atoms with van der Waals surface area (Å²) in [6.07, 6.45) is 3.16. The Labute approximate surface area is 239 Å². The predicted molar refractivity (Wildman–Crippen MR) is 154 cm³/mol. The van der Waals surface area contributed by atoms with E-state index in [4.69, 9.17) is 13.9 Å². The molecule has 3 heterocycles. The Kier molecular flexibility index (Phi) is 7.39. The standard InChI is InChI=1S/C30H32FN3O6S/c1-5-20-22(31)7-6-17-10-19(39-14-38-3)11-21(24(17)20)27-15(2)26-25(29(36)40-27)28(33-30(32-26)41(4)37)34-12-16-8-18(13-34)23(35)9-16/h6-7,10-11,16,18,23,35H,5,8-9,12-14H2,1-4H3/t16-,18-,23+,41?/m0/s1. The normalized spacial score (nSPS) is 21.1. The molecule has 4 atom stereocenters. The van der Waals surface area contributed by atoms with Gasteiger partial charge in [0.25, 0.3) is 0 Å². The minimum Gasteiger partial charge on any atom is -0.609 e. The van der Waals surface area contributed by atoms with Gasteiger partial charge in [0.15, 0.2) is 12.6 Å². The lowest BCUT2D eigenvalue weighted by Crippen LogP contribution is -2.39. The minimum absolute atomic E-state index is 0.00219. The van der Waals surface area contributed by atoms with Crippen LogP contribution in [0.3, 0.4) is 0 Å². The lowest BCUT2D eigenvalue weighted by molar-refractivity contribution is 0.0512. The largest absolute Gasteiger partial charge is 0.609 e. The van der Waals surface area contributed by atoms with Gasteiger partial charge in [-0.2, -0.15) is 9.97 Å². The van der Waals surface area contributed by atoms with Crippen LogP contribution in [0.2, 0.25) is 0 Å². The molecule has 1 aliphatic heterocycles. The van der Waals surface area contributed by atoms with Crippen LogP contribution in [0.5, 0.6) is 5.75 Å². The van der Waals surface area contributed by atoms with Crippen molar-refractivity contribution < 1.29 is 27.9 Å². The summed E-state index contributed by atoms with van der Waals surface area (Å²) in [6, 6.07) is 6.59. The third-order valence-corrected chi connectivity index (χ3v) is 8.99. The minimum atomic E-state index is -1.53. The van der Waals surface area contributed by atoms with Crippen LogP contribution in [0.15, 0.2) is 38.6 Å². The zero-order chi connectivity index (χ0) is 29.0. The average Bonchev–Trinajstić information content (AvgIpc) is 3.22. The van der Waals surface area contributed by atoms with Gasteiger partial charge in [-0.15, -0.1) is 0 Å². The number of hydrogen-bond acceptors (Lipinski definition) is 9. The number of nitrogens with zero attached hydrogens (tertiary/aromatic N) is 3. The van der Waals surface area contributed by atoms with E-state index in [1.165, 1.54) is 19.4 Å². The van der Waals surface area contributed by atoms with Crippen molar-refractivity contribution in [2.45, 2.75) is 44.4 Å². The van der Waals surface area contributed by atoms with Gasteiger partial charge in [-0.05, 0) is 66.6 Å². The summed E-state index contributed by atoms with van der Waals surface area (Å²) in [5.41, 5.74) is 1.19. The van der Waals surface area contributed by atoms with E-state index < -0.39 is 22.9 Å². The summed E-state index contributed by atoms with van der Waals surface area (Å²) in [7, 11) is 1.51. The maximum Gasteiger partial charge on any atom is 0.349 e. The fourth-order valence-electron chi connectivity index (χ4n) is 6.46. The van der Waals surface area contributed by atoms with Crippen molar-refractivity contribution in [2.75, 3.05) is 38.1 Å². The van der Waals surface area contributed by atoms with Crippen LogP contribution in [0.4, 0.5) is 10.2 Å². The molecular formula is C30H32FN3O6S. The summed E-state index contributed by atoms with van der Waals surface area (Å²) in [5.74, 6) is 1.05. The maximum absolute atomic E-state index is 15.0. The summed E-state index contributed by atoms with van der Waals surface area (Å²) in [5, 5.41) is 12.1. The first kappa shape index (κ1) is 27.9. The number of aryl methyl sites for hydroxylation is 2. The molecule has 4 aromatic rings. The highest BCUT2D eigenvalue weighted by Gasteiger charge is 2.41. The van der Waals surface area contributed by atoms with Gasteiger partial charge in [0.1, 0.15) is 29.0 Å². The van der Waals surface area contributed by atoms with Gasteiger partial charge in [0.2, 0.25) is 0 Å². The Bertz CT molecular complexity index is 1710. The van der Waals surface area contributed by atoms with Crippen LogP contribution in [0, 0.1) is 24.6 Å². The molecule has 41 heavy (non-hydrogen) atoms. The van der Waals surface area contributed by atoms with Crippen LogP contribution in [-0.4, -0.2) is 59.0 Å². The molecule has 1 saturated heterocycles.